The molecule has 0 aromatic rings. The summed E-state index contributed by atoms with van der Waals surface area (Å²) in [7, 11) is 0. The maximum atomic E-state index is 12.2. The van der Waals surface area contributed by atoms with Crippen LogP contribution in [-0.2, 0) is 0 Å². The fraction of sp³-hybridized carbons (Fsp3) is 0.333. The number of hydrazone groups is 1. The molecule has 0 bridgehead atoms. The van der Waals surface area contributed by atoms with Crippen LogP contribution in [0, 0.1) is 0 Å². The summed E-state index contributed by atoms with van der Waals surface area (Å²) < 4.78 is 12.2. The lowest BCUT2D eigenvalue weighted by atomic mass is 10.5. The molecule has 0 aliphatic carbocycles. The minimum absolute atomic E-state index is 0.419. The van der Waals surface area contributed by atoms with Crippen LogP contribution in [0.15, 0.2) is 23.2 Å². The lowest BCUT2D eigenvalue weighted by Crippen LogP contribution is -2.09. The zero-order chi connectivity index (χ0) is 7.40. The predicted molar refractivity (Wildman–Crippen MR) is 41.4 cm³/mol. The van der Waals surface area contributed by atoms with Gasteiger partial charge in [-0.3, -0.25) is 5.01 Å². The molecule has 0 fully saturated rings. The largest absolute Gasteiger partial charge is 0.255 e. The monoisotopic (exact) mass is 158 g/mol. The van der Waals surface area contributed by atoms with Crippen molar-refractivity contribution in [3.63, 3.8) is 0 Å². The Bertz CT molecular complexity index is 206. The summed E-state index contributed by atoms with van der Waals surface area (Å²) in [6, 6.07) is 0. The molecule has 10 heavy (non-hydrogen) atoms. The Morgan fingerprint density at radius 1 is 1.90 bits per heavy atom. The van der Waals surface area contributed by atoms with E-state index < -0.39 is 5.83 Å². The van der Waals surface area contributed by atoms with Crippen LogP contribution in [0.5, 0.6) is 0 Å². The lowest BCUT2D eigenvalue weighted by molar-refractivity contribution is 0.466. The molecule has 0 saturated heterocycles. The first-order chi connectivity index (χ1) is 4.83. The topological polar surface area (TPSA) is 15.6 Å². The first-order valence-electron chi connectivity index (χ1n) is 2.76. The minimum atomic E-state index is -0.419. The molecule has 0 aromatic carbocycles. The van der Waals surface area contributed by atoms with Gasteiger partial charge in [0.15, 0.2) is 5.83 Å². The molecule has 0 radical (unpaired) electrons. The molecule has 4 heteroatoms. The molecule has 0 spiro atoms. The van der Waals surface area contributed by atoms with Crippen molar-refractivity contribution in [1.29, 1.82) is 0 Å². The number of allylic oxidation sites excluding steroid dienone is 2. The highest BCUT2D eigenvalue weighted by atomic mass is 32.2. The Morgan fingerprint density at radius 3 is 3.20 bits per heavy atom. The summed E-state index contributed by atoms with van der Waals surface area (Å²) in [5.41, 5.74) is 0. The highest BCUT2D eigenvalue weighted by Gasteiger charge is 1.97. The van der Waals surface area contributed by atoms with Gasteiger partial charge in [-0.2, -0.15) is 4.39 Å². The van der Waals surface area contributed by atoms with E-state index in [9.17, 15) is 4.39 Å². The SMILES string of the molecule is CSCN1C=CC(F)=C=N1. The Morgan fingerprint density at radius 2 is 2.70 bits per heavy atom. The predicted octanol–water partition coefficient (Wildman–Crippen LogP) is 1.57. The van der Waals surface area contributed by atoms with Gasteiger partial charge in [-0.05, 0) is 6.26 Å². The number of hydrogen-bond acceptors (Lipinski definition) is 3. The Kier molecular flexibility index (Phi) is 2.54. The van der Waals surface area contributed by atoms with Gasteiger partial charge in [0.2, 0.25) is 0 Å². The summed E-state index contributed by atoms with van der Waals surface area (Å²) in [5, 5.41) is 5.28. The summed E-state index contributed by atoms with van der Waals surface area (Å²) >= 11 is 1.62. The van der Waals surface area contributed by atoms with Gasteiger partial charge in [-0.25, -0.2) is 0 Å². The van der Waals surface area contributed by atoms with E-state index >= 15 is 0 Å². The van der Waals surface area contributed by atoms with Gasteiger partial charge in [0.05, 0.1) is 5.88 Å². The van der Waals surface area contributed by atoms with Crippen molar-refractivity contribution in [2.45, 2.75) is 0 Å². The van der Waals surface area contributed by atoms with E-state index in [0.717, 1.165) is 5.88 Å². The molecule has 0 N–H and O–H groups in total. The van der Waals surface area contributed by atoms with E-state index in [1.165, 1.54) is 6.08 Å². The fourth-order valence-corrected chi connectivity index (χ4v) is 0.947. The first kappa shape index (κ1) is 7.38. The quantitative estimate of drug-likeness (QED) is 0.606. The van der Waals surface area contributed by atoms with Gasteiger partial charge in [-0.1, -0.05) is 0 Å². The number of nitrogens with zero attached hydrogens (tertiary/aromatic N) is 2. The molecular formula is C6H7FN2S. The van der Waals surface area contributed by atoms with Crippen molar-refractivity contribution in [3.05, 3.63) is 18.1 Å². The molecule has 1 aliphatic heterocycles. The van der Waals surface area contributed by atoms with Gasteiger partial charge in [0.1, 0.15) is 0 Å². The van der Waals surface area contributed by atoms with Crippen molar-refractivity contribution in [2.75, 3.05) is 12.1 Å². The van der Waals surface area contributed by atoms with Crippen molar-refractivity contribution in [2.24, 2.45) is 5.10 Å². The molecule has 0 aromatic heterocycles. The summed E-state index contributed by atoms with van der Waals surface area (Å²) in [4.78, 5) is 0. The van der Waals surface area contributed by atoms with Gasteiger partial charge < -0.3 is 0 Å². The molecule has 54 valence electrons. The minimum Gasteiger partial charge on any atom is -0.255 e. The maximum Gasteiger partial charge on any atom is 0.187 e. The highest BCUT2D eigenvalue weighted by Crippen LogP contribution is 2.05. The number of halogens is 1. The van der Waals surface area contributed by atoms with Crippen molar-refractivity contribution in [3.8, 4) is 0 Å². The Balaban J connectivity index is 2.56. The van der Waals surface area contributed by atoms with Crippen molar-refractivity contribution < 1.29 is 4.39 Å². The zero-order valence-corrected chi connectivity index (χ0v) is 6.36. The maximum absolute atomic E-state index is 12.2. The molecule has 0 saturated carbocycles. The van der Waals surface area contributed by atoms with Crippen LogP contribution in [-0.4, -0.2) is 23.0 Å². The summed E-state index contributed by atoms with van der Waals surface area (Å²) in [5.74, 6) is 2.53. The Hall–Kier alpha value is -0.730. The average molecular weight is 158 g/mol. The number of rotatable bonds is 2. The zero-order valence-electron chi connectivity index (χ0n) is 5.54. The fourth-order valence-electron chi connectivity index (χ4n) is 0.538. The smallest absolute Gasteiger partial charge is 0.187 e. The second-order valence-corrected chi connectivity index (χ2v) is 2.57. The third kappa shape index (κ3) is 1.90. The van der Waals surface area contributed by atoms with E-state index in [0.29, 0.717) is 0 Å². The van der Waals surface area contributed by atoms with Crippen LogP contribution in [0.2, 0.25) is 0 Å². The van der Waals surface area contributed by atoms with Gasteiger partial charge in [0.25, 0.3) is 0 Å². The average Bonchev–Trinajstić information content (AvgIpc) is 1.95. The van der Waals surface area contributed by atoms with Gasteiger partial charge in [-0.15, -0.1) is 16.9 Å². The molecule has 0 unspecified atom stereocenters. The van der Waals surface area contributed by atoms with Gasteiger partial charge >= 0.3 is 0 Å². The van der Waals surface area contributed by atoms with E-state index in [2.05, 4.69) is 11.0 Å². The second-order valence-electron chi connectivity index (χ2n) is 1.73. The van der Waals surface area contributed by atoms with Crippen LogP contribution >= 0.6 is 11.8 Å². The van der Waals surface area contributed by atoms with E-state index in [-0.39, 0.29) is 0 Å². The lowest BCUT2D eigenvalue weighted by Gasteiger charge is -2.11. The standard InChI is InChI=1S/C6H7FN2S/c1-10-5-9-3-2-6(7)4-8-9/h2-3H,5H2,1H3. The Labute approximate surface area is 63.1 Å². The molecule has 0 atom stereocenters. The molecule has 1 rings (SSSR count). The van der Waals surface area contributed by atoms with E-state index in [1.807, 2.05) is 6.26 Å². The highest BCUT2D eigenvalue weighted by molar-refractivity contribution is 7.98. The van der Waals surface area contributed by atoms with Crippen molar-refractivity contribution >= 4 is 17.6 Å². The van der Waals surface area contributed by atoms with E-state index in [4.69, 9.17) is 0 Å². The molecular weight excluding hydrogens is 151 g/mol. The number of thioether (sulfide) groups is 1. The molecule has 2 nitrogen and oxygen atoms in total. The summed E-state index contributed by atoms with van der Waals surface area (Å²) in [6.45, 7) is 0. The number of hydrogen-bond donors (Lipinski definition) is 0. The molecule has 0 amide bonds. The van der Waals surface area contributed by atoms with Crippen LogP contribution in [0.1, 0.15) is 0 Å². The normalized spacial score (nSPS) is 15.8. The molecule has 1 heterocycles. The van der Waals surface area contributed by atoms with Crippen molar-refractivity contribution in [1.82, 2.24) is 5.01 Å². The third-order valence-electron chi connectivity index (χ3n) is 0.940. The third-order valence-corrected chi connectivity index (χ3v) is 1.46. The van der Waals surface area contributed by atoms with Crippen LogP contribution in [0.4, 0.5) is 4.39 Å². The van der Waals surface area contributed by atoms with E-state index in [1.54, 1.807) is 23.0 Å². The van der Waals surface area contributed by atoms with Crippen LogP contribution in [0.3, 0.4) is 0 Å². The second kappa shape index (κ2) is 3.44. The van der Waals surface area contributed by atoms with Gasteiger partial charge in [0, 0.05) is 18.1 Å². The van der Waals surface area contributed by atoms with Crippen LogP contribution in [0.25, 0.3) is 0 Å². The summed E-state index contributed by atoms with van der Waals surface area (Å²) in [6.07, 6.45) is 4.88. The molecule has 1 aliphatic rings. The van der Waals surface area contributed by atoms with Crippen LogP contribution < -0.4 is 0 Å². The first-order valence-corrected chi connectivity index (χ1v) is 4.15.